The van der Waals surface area contributed by atoms with Gasteiger partial charge in [-0.2, -0.15) is 0 Å². The molecular weight excluding hydrogens is 355 g/mol. The van der Waals surface area contributed by atoms with E-state index >= 15 is 0 Å². The van der Waals surface area contributed by atoms with E-state index in [0.29, 0.717) is 10.0 Å². The van der Waals surface area contributed by atoms with Crippen molar-refractivity contribution < 1.29 is 13.2 Å². The van der Waals surface area contributed by atoms with Crippen LogP contribution < -0.4 is 5.32 Å². The predicted molar refractivity (Wildman–Crippen MR) is 77.5 cm³/mol. The van der Waals surface area contributed by atoms with Crippen LogP contribution in [0.4, 0.5) is 18.9 Å². The smallest absolute Gasteiger partial charge is 0.150 e. The zero-order valence-electron chi connectivity index (χ0n) is 10.4. The average Bonchev–Trinajstić information content (AvgIpc) is 2.33. The normalized spacial score (nSPS) is 12.3. The Morgan fingerprint density at radius 1 is 1.10 bits per heavy atom. The second-order valence-corrected chi connectivity index (χ2v) is 5.60. The van der Waals surface area contributed by atoms with Gasteiger partial charge in [0, 0.05) is 9.50 Å². The molecule has 0 bridgehead atoms. The van der Waals surface area contributed by atoms with Crippen LogP contribution in [0.15, 0.2) is 34.8 Å². The van der Waals surface area contributed by atoms with Crippen LogP contribution in [0.25, 0.3) is 0 Å². The Morgan fingerprint density at radius 2 is 1.70 bits per heavy atom. The standard InChI is InChI=1S/C14H10BrClF3N/c1-7(10-3-2-9(17)6-11(10)16)20-14-12(18)4-8(15)5-13(14)19/h2-7,20H,1H3. The first-order chi connectivity index (χ1) is 9.38. The second-order valence-electron chi connectivity index (χ2n) is 4.28. The monoisotopic (exact) mass is 363 g/mol. The average molecular weight is 365 g/mol. The van der Waals surface area contributed by atoms with Gasteiger partial charge in [0.05, 0.1) is 6.04 Å². The summed E-state index contributed by atoms with van der Waals surface area (Å²) in [5.41, 5.74) is 0.302. The molecule has 2 aromatic carbocycles. The van der Waals surface area contributed by atoms with Crippen LogP contribution in [0.5, 0.6) is 0 Å². The van der Waals surface area contributed by atoms with Gasteiger partial charge in [-0.05, 0) is 36.8 Å². The molecule has 0 radical (unpaired) electrons. The van der Waals surface area contributed by atoms with Gasteiger partial charge < -0.3 is 5.32 Å². The first kappa shape index (κ1) is 15.2. The Bertz CT molecular complexity index is 625. The SMILES string of the molecule is CC(Nc1c(F)cc(Br)cc1F)c1ccc(F)cc1Cl. The molecule has 106 valence electrons. The van der Waals surface area contributed by atoms with Gasteiger partial charge in [0.15, 0.2) is 0 Å². The first-order valence-electron chi connectivity index (χ1n) is 5.74. The maximum Gasteiger partial charge on any atom is 0.150 e. The molecule has 6 heteroatoms. The fraction of sp³-hybridized carbons (Fsp3) is 0.143. The van der Waals surface area contributed by atoms with Crippen molar-refractivity contribution in [1.29, 1.82) is 0 Å². The first-order valence-corrected chi connectivity index (χ1v) is 6.91. The molecule has 1 nitrogen and oxygen atoms in total. The molecule has 1 atom stereocenters. The van der Waals surface area contributed by atoms with Crippen molar-refractivity contribution in [3.05, 3.63) is 62.8 Å². The number of benzene rings is 2. The van der Waals surface area contributed by atoms with Crippen molar-refractivity contribution in [3.63, 3.8) is 0 Å². The molecular formula is C14H10BrClF3N. The number of rotatable bonds is 3. The van der Waals surface area contributed by atoms with Crippen LogP contribution in [0.3, 0.4) is 0 Å². The molecule has 0 fully saturated rings. The summed E-state index contributed by atoms with van der Waals surface area (Å²) in [4.78, 5) is 0. The van der Waals surface area contributed by atoms with Crippen molar-refractivity contribution in [1.82, 2.24) is 0 Å². The molecule has 0 aromatic heterocycles. The Hall–Kier alpha value is -1.20. The highest BCUT2D eigenvalue weighted by atomic mass is 79.9. The fourth-order valence-electron chi connectivity index (χ4n) is 1.83. The molecule has 0 aliphatic heterocycles. The summed E-state index contributed by atoms with van der Waals surface area (Å²) in [5, 5.41) is 2.90. The number of hydrogen-bond donors (Lipinski definition) is 1. The summed E-state index contributed by atoms with van der Waals surface area (Å²) in [7, 11) is 0. The molecule has 1 unspecified atom stereocenters. The van der Waals surface area contributed by atoms with E-state index in [2.05, 4.69) is 21.2 Å². The van der Waals surface area contributed by atoms with E-state index in [4.69, 9.17) is 11.6 Å². The summed E-state index contributed by atoms with van der Waals surface area (Å²) >= 11 is 8.93. The van der Waals surface area contributed by atoms with Gasteiger partial charge in [-0.25, -0.2) is 13.2 Å². The summed E-state index contributed by atoms with van der Waals surface area (Å²) < 4.78 is 40.7. The minimum absolute atomic E-state index is 0.197. The molecule has 0 aliphatic rings. The van der Waals surface area contributed by atoms with Crippen LogP contribution in [0.2, 0.25) is 5.02 Å². The highest BCUT2D eigenvalue weighted by molar-refractivity contribution is 9.10. The lowest BCUT2D eigenvalue weighted by Crippen LogP contribution is -2.10. The largest absolute Gasteiger partial charge is 0.374 e. The Balaban J connectivity index is 2.30. The molecule has 0 aliphatic carbocycles. The lowest BCUT2D eigenvalue weighted by Gasteiger charge is -2.18. The highest BCUT2D eigenvalue weighted by Gasteiger charge is 2.16. The lowest BCUT2D eigenvalue weighted by atomic mass is 10.1. The topological polar surface area (TPSA) is 12.0 Å². The highest BCUT2D eigenvalue weighted by Crippen LogP contribution is 2.30. The van der Waals surface area contributed by atoms with Gasteiger partial charge in [0.1, 0.15) is 23.1 Å². The van der Waals surface area contributed by atoms with Crippen LogP contribution in [-0.4, -0.2) is 0 Å². The number of nitrogens with one attached hydrogen (secondary N) is 1. The third-order valence-electron chi connectivity index (χ3n) is 2.80. The Kier molecular flexibility index (Phi) is 4.60. The quantitative estimate of drug-likeness (QED) is 0.737. The van der Waals surface area contributed by atoms with E-state index < -0.39 is 23.5 Å². The van der Waals surface area contributed by atoms with E-state index in [1.54, 1.807) is 6.92 Å². The lowest BCUT2D eigenvalue weighted by molar-refractivity contribution is 0.583. The maximum absolute atomic E-state index is 13.7. The number of anilines is 1. The predicted octanol–water partition coefficient (Wildman–Crippen LogP) is 5.69. The third-order valence-corrected chi connectivity index (χ3v) is 3.58. The van der Waals surface area contributed by atoms with Crippen LogP contribution >= 0.6 is 27.5 Å². The van der Waals surface area contributed by atoms with Crippen molar-refractivity contribution in [3.8, 4) is 0 Å². The summed E-state index contributed by atoms with van der Waals surface area (Å²) in [6.45, 7) is 1.68. The number of halogens is 5. The molecule has 0 saturated heterocycles. The molecule has 0 amide bonds. The van der Waals surface area contributed by atoms with Crippen LogP contribution in [0.1, 0.15) is 18.5 Å². The van der Waals surface area contributed by atoms with E-state index in [0.717, 1.165) is 18.2 Å². The van der Waals surface area contributed by atoms with E-state index in [1.165, 1.54) is 12.1 Å². The minimum Gasteiger partial charge on any atom is -0.374 e. The molecule has 0 saturated carbocycles. The van der Waals surface area contributed by atoms with Crippen LogP contribution in [0, 0.1) is 17.5 Å². The van der Waals surface area contributed by atoms with Crippen molar-refractivity contribution in [2.75, 3.05) is 5.32 Å². The third kappa shape index (κ3) is 3.27. The summed E-state index contributed by atoms with van der Waals surface area (Å²) in [5.74, 6) is -1.91. The number of hydrogen-bond acceptors (Lipinski definition) is 1. The van der Waals surface area contributed by atoms with E-state index in [9.17, 15) is 13.2 Å². The molecule has 2 aromatic rings. The minimum atomic E-state index is -0.720. The van der Waals surface area contributed by atoms with E-state index in [1.807, 2.05) is 0 Å². The van der Waals surface area contributed by atoms with Crippen molar-refractivity contribution >= 4 is 33.2 Å². The zero-order valence-corrected chi connectivity index (χ0v) is 12.7. The van der Waals surface area contributed by atoms with Gasteiger partial charge in [-0.15, -0.1) is 0 Å². The summed E-state index contributed by atoms with van der Waals surface area (Å²) in [6, 6.07) is 5.71. The zero-order chi connectivity index (χ0) is 14.9. The summed E-state index contributed by atoms with van der Waals surface area (Å²) in [6.07, 6.45) is 0. The molecule has 2 rings (SSSR count). The van der Waals surface area contributed by atoms with Gasteiger partial charge in [-0.3, -0.25) is 0 Å². The van der Waals surface area contributed by atoms with Crippen LogP contribution in [-0.2, 0) is 0 Å². The van der Waals surface area contributed by atoms with Gasteiger partial charge in [0.2, 0.25) is 0 Å². The van der Waals surface area contributed by atoms with Crippen molar-refractivity contribution in [2.24, 2.45) is 0 Å². The molecule has 0 heterocycles. The van der Waals surface area contributed by atoms with Gasteiger partial charge in [0.25, 0.3) is 0 Å². The fourth-order valence-corrected chi connectivity index (χ4v) is 2.56. The Labute approximate surface area is 127 Å². The second kappa shape index (κ2) is 6.06. The Morgan fingerprint density at radius 3 is 2.25 bits per heavy atom. The van der Waals surface area contributed by atoms with E-state index in [-0.39, 0.29) is 10.7 Å². The van der Waals surface area contributed by atoms with Crippen molar-refractivity contribution in [2.45, 2.75) is 13.0 Å². The molecule has 1 N–H and O–H groups in total. The molecule has 20 heavy (non-hydrogen) atoms. The van der Waals surface area contributed by atoms with Gasteiger partial charge in [-0.1, -0.05) is 33.6 Å². The maximum atomic E-state index is 13.7. The molecule has 0 spiro atoms. The van der Waals surface area contributed by atoms with Gasteiger partial charge >= 0.3 is 0 Å².